The zero-order chi connectivity index (χ0) is 20.6. The van der Waals surface area contributed by atoms with Crippen LogP contribution in [0.3, 0.4) is 0 Å². The number of Topliss-reactive ketones (excluding diaryl/α,β-unsaturated/α-hetero) is 1. The molecule has 28 heavy (non-hydrogen) atoms. The van der Waals surface area contributed by atoms with Crippen molar-refractivity contribution in [3.8, 4) is 22.8 Å². The summed E-state index contributed by atoms with van der Waals surface area (Å²) < 4.78 is 13.9. The predicted octanol–water partition coefficient (Wildman–Crippen LogP) is 5.00. The van der Waals surface area contributed by atoms with E-state index in [1.807, 2.05) is 4.57 Å². The van der Waals surface area contributed by atoms with E-state index in [0.717, 1.165) is 5.56 Å². The molecule has 0 fully saturated rings. The molecule has 2 aromatic rings. The number of aromatic nitrogens is 1. The lowest BCUT2D eigenvalue weighted by Crippen LogP contribution is -2.25. The molecule has 1 aromatic heterocycles. The molecular weight excluding hydrogens is 378 g/mol. The first kappa shape index (κ1) is 20.5. The molecule has 6 heteroatoms. The number of benzene rings is 1. The predicted molar refractivity (Wildman–Crippen MR) is 111 cm³/mol. The van der Waals surface area contributed by atoms with Crippen molar-refractivity contribution in [1.82, 2.24) is 4.57 Å². The molecule has 1 aromatic carbocycles. The Morgan fingerprint density at radius 1 is 1.29 bits per heavy atom. The lowest BCUT2D eigenvalue weighted by molar-refractivity contribution is 0.101. The molecule has 1 unspecified atom stereocenters. The molecule has 2 heterocycles. The van der Waals surface area contributed by atoms with Crippen LogP contribution in [0.4, 0.5) is 0 Å². The van der Waals surface area contributed by atoms with Crippen LogP contribution in [0.5, 0.6) is 11.5 Å². The molecule has 150 valence electrons. The number of rotatable bonds is 5. The van der Waals surface area contributed by atoms with Crippen LogP contribution in [0.1, 0.15) is 51.0 Å². The summed E-state index contributed by atoms with van der Waals surface area (Å²) in [6.45, 7) is 10.7. The molecule has 0 radical (unpaired) electrons. The number of hydrogen-bond donors (Lipinski definition) is 0. The third kappa shape index (κ3) is 3.95. The van der Waals surface area contributed by atoms with Crippen molar-refractivity contribution in [1.29, 1.82) is 0 Å². The van der Waals surface area contributed by atoms with E-state index in [0.29, 0.717) is 41.3 Å². The van der Waals surface area contributed by atoms with E-state index in [9.17, 15) is 9.59 Å². The number of ether oxygens (including phenoxy) is 2. The minimum atomic E-state index is -0.301. The van der Waals surface area contributed by atoms with Gasteiger partial charge in [-0.2, -0.15) is 0 Å². The SMILES string of the molecule is CC(=O)c1cn2c(cc1=O)-c1cc(Cl)c(OCC(C)C)cc1OCC2C(C)C. The second kappa shape index (κ2) is 8.00. The monoisotopic (exact) mass is 403 g/mol. The quantitative estimate of drug-likeness (QED) is 0.659. The van der Waals surface area contributed by atoms with Crippen molar-refractivity contribution in [2.24, 2.45) is 11.8 Å². The van der Waals surface area contributed by atoms with Gasteiger partial charge in [0.15, 0.2) is 11.2 Å². The number of carbonyl (C=O) groups excluding carboxylic acids is 1. The number of fused-ring (bicyclic) bond motifs is 3. The van der Waals surface area contributed by atoms with Gasteiger partial charge in [-0.05, 0) is 24.8 Å². The average molecular weight is 404 g/mol. The maximum absolute atomic E-state index is 12.5. The minimum Gasteiger partial charge on any atom is -0.492 e. The van der Waals surface area contributed by atoms with E-state index < -0.39 is 0 Å². The summed E-state index contributed by atoms with van der Waals surface area (Å²) in [6, 6.07) is 5.04. The van der Waals surface area contributed by atoms with Crippen molar-refractivity contribution in [3.63, 3.8) is 0 Å². The van der Waals surface area contributed by atoms with Gasteiger partial charge in [0.05, 0.1) is 28.9 Å². The molecule has 0 amide bonds. The fourth-order valence-electron chi connectivity index (χ4n) is 3.29. The van der Waals surface area contributed by atoms with Gasteiger partial charge in [-0.25, -0.2) is 0 Å². The Morgan fingerprint density at radius 3 is 2.61 bits per heavy atom. The van der Waals surface area contributed by atoms with Gasteiger partial charge in [-0.1, -0.05) is 39.3 Å². The third-order valence-corrected chi connectivity index (χ3v) is 5.17. The molecule has 1 aliphatic rings. The van der Waals surface area contributed by atoms with E-state index >= 15 is 0 Å². The van der Waals surface area contributed by atoms with Crippen LogP contribution in [0, 0.1) is 11.8 Å². The molecule has 1 aliphatic heterocycles. The Bertz CT molecular complexity index is 962. The second-order valence-corrected chi connectivity index (χ2v) is 8.41. The van der Waals surface area contributed by atoms with Gasteiger partial charge in [0.1, 0.15) is 18.1 Å². The van der Waals surface area contributed by atoms with Crippen LogP contribution in [0.15, 0.2) is 29.2 Å². The van der Waals surface area contributed by atoms with E-state index in [1.54, 1.807) is 18.3 Å². The van der Waals surface area contributed by atoms with Crippen LogP contribution < -0.4 is 14.9 Å². The van der Waals surface area contributed by atoms with Crippen molar-refractivity contribution in [2.75, 3.05) is 13.2 Å². The number of pyridine rings is 1. The summed E-state index contributed by atoms with van der Waals surface area (Å²) in [6.07, 6.45) is 1.65. The molecule has 0 bridgehead atoms. The first-order valence-corrected chi connectivity index (χ1v) is 9.93. The van der Waals surface area contributed by atoms with Gasteiger partial charge in [-0.15, -0.1) is 0 Å². The van der Waals surface area contributed by atoms with Crippen LogP contribution in [0.25, 0.3) is 11.3 Å². The number of halogens is 1. The molecule has 3 rings (SSSR count). The van der Waals surface area contributed by atoms with Crippen LogP contribution in [-0.4, -0.2) is 23.6 Å². The van der Waals surface area contributed by atoms with Crippen LogP contribution >= 0.6 is 11.6 Å². The molecule has 0 N–H and O–H groups in total. The maximum atomic E-state index is 12.5. The summed E-state index contributed by atoms with van der Waals surface area (Å²) in [5, 5.41) is 0.459. The first-order valence-electron chi connectivity index (χ1n) is 9.55. The normalized spacial score (nSPS) is 15.6. The minimum absolute atomic E-state index is 0.0279. The van der Waals surface area contributed by atoms with Gasteiger partial charge in [0, 0.05) is 23.9 Å². The zero-order valence-corrected chi connectivity index (χ0v) is 17.7. The second-order valence-electron chi connectivity index (χ2n) is 8.01. The Balaban J connectivity index is 2.19. The van der Waals surface area contributed by atoms with Gasteiger partial charge in [0.25, 0.3) is 0 Å². The molecule has 0 saturated carbocycles. The third-order valence-electron chi connectivity index (χ3n) is 4.88. The number of hydrogen-bond acceptors (Lipinski definition) is 4. The smallest absolute Gasteiger partial charge is 0.192 e. The highest BCUT2D eigenvalue weighted by Gasteiger charge is 2.27. The zero-order valence-electron chi connectivity index (χ0n) is 16.9. The van der Waals surface area contributed by atoms with E-state index in [2.05, 4.69) is 27.7 Å². The van der Waals surface area contributed by atoms with Gasteiger partial charge in [-0.3, -0.25) is 9.59 Å². The Morgan fingerprint density at radius 2 is 2.00 bits per heavy atom. The number of nitrogens with zero attached hydrogens (tertiary/aromatic N) is 1. The Labute approximate surface area is 170 Å². The fraction of sp³-hybridized carbons (Fsp3) is 0.455. The molecule has 0 aliphatic carbocycles. The first-order chi connectivity index (χ1) is 13.2. The highest BCUT2D eigenvalue weighted by atomic mass is 35.5. The summed E-state index contributed by atoms with van der Waals surface area (Å²) in [5.74, 6) is 1.54. The van der Waals surface area contributed by atoms with Gasteiger partial charge in [0.2, 0.25) is 0 Å². The van der Waals surface area contributed by atoms with E-state index in [-0.39, 0.29) is 28.7 Å². The molecule has 0 saturated heterocycles. The van der Waals surface area contributed by atoms with Crippen molar-refractivity contribution < 1.29 is 14.3 Å². The fourth-order valence-corrected chi connectivity index (χ4v) is 3.51. The van der Waals surface area contributed by atoms with E-state index in [4.69, 9.17) is 21.1 Å². The highest BCUT2D eigenvalue weighted by Crippen LogP contribution is 2.42. The number of carbonyl (C=O) groups is 1. The standard InChI is InChI=1S/C22H26ClNO4/c1-12(2)10-27-22-8-21-15(6-17(22)23)18-7-20(26)16(14(5)25)9-24(18)19(11-28-21)13(3)4/h6-9,12-13,19H,10-11H2,1-5H3. The summed E-state index contributed by atoms with van der Waals surface area (Å²) >= 11 is 6.46. The topological polar surface area (TPSA) is 57.5 Å². The highest BCUT2D eigenvalue weighted by molar-refractivity contribution is 6.32. The van der Waals surface area contributed by atoms with E-state index in [1.165, 1.54) is 13.0 Å². The van der Waals surface area contributed by atoms with Crippen molar-refractivity contribution in [2.45, 2.75) is 40.7 Å². The lowest BCUT2D eigenvalue weighted by Gasteiger charge is -2.24. The molecular formula is C22H26ClNO4. The average Bonchev–Trinajstić information content (AvgIpc) is 2.75. The summed E-state index contributed by atoms with van der Waals surface area (Å²) in [5.41, 5.74) is 1.29. The van der Waals surface area contributed by atoms with Gasteiger partial charge < -0.3 is 14.0 Å². The van der Waals surface area contributed by atoms with Gasteiger partial charge >= 0.3 is 0 Å². The molecule has 0 spiro atoms. The Hall–Kier alpha value is -2.27. The molecule has 5 nitrogen and oxygen atoms in total. The number of ketones is 1. The lowest BCUT2D eigenvalue weighted by atomic mass is 10.0. The van der Waals surface area contributed by atoms with Crippen LogP contribution in [0.2, 0.25) is 5.02 Å². The van der Waals surface area contributed by atoms with Crippen LogP contribution in [-0.2, 0) is 0 Å². The Kier molecular flexibility index (Phi) is 5.84. The van der Waals surface area contributed by atoms with Crippen molar-refractivity contribution >= 4 is 17.4 Å². The maximum Gasteiger partial charge on any atom is 0.192 e. The van der Waals surface area contributed by atoms with Crippen molar-refractivity contribution in [3.05, 3.63) is 45.2 Å². The largest absolute Gasteiger partial charge is 0.492 e. The summed E-state index contributed by atoms with van der Waals surface area (Å²) in [4.78, 5) is 24.4. The molecule has 1 atom stereocenters. The summed E-state index contributed by atoms with van der Waals surface area (Å²) in [7, 11) is 0.